The molecular weight excluding hydrogens is 290 g/mol. The van der Waals surface area contributed by atoms with Crippen LogP contribution in [0.1, 0.15) is 23.2 Å². The molecule has 3 N–H and O–H groups in total. The number of nitrogens with two attached hydrogens (primary N) is 1. The van der Waals surface area contributed by atoms with E-state index in [-0.39, 0.29) is 12.0 Å². The van der Waals surface area contributed by atoms with Gasteiger partial charge in [-0.05, 0) is 36.4 Å². The quantitative estimate of drug-likeness (QED) is 0.517. The lowest BCUT2D eigenvalue weighted by Gasteiger charge is -2.33. The first-order valence-corrected chi connectivity index (χ1v) is 7.84. The Morgan fingerprint density at radius 2 is 1.70 bits per heavy atom. The SMILES string of the molecule is NNC(=O)c1ccc(N2CCC(Oc3ccccc3)CC2)cc1. The zero-order chi connectivity index (χ0) is 16.1. The van der Waals surface area contributed by atoms with Gasteiger partial charge in [0.1, 0.15) is 11.9 Å². The smallest absolute Gasteiger partial charge is 0.265 e. The summed E-state index contributed by atoms with van der Waals surface area (Å²) in [5.74, 6) is 5.80. The molecule has 1 saturated heterocycles. The molecule has 0 spiro atoms. The number of hydrogen-bond donors (Lipinski definition) is 2. The number of rotatable bonds is 4. The summed E-state index contributed by atoms with van der Waals surface area (Å²) >= 11 is 0. The number of amides is 1. The fourth-order valence-corrected chi connectivity index (χ4v) is 2.83. The number of piperidine rings is 1. The van der Waals surface area contributed by atoms with E-state index in [4.69, 9.17) is 10.6 Å². The van der Waals surface area contributed by atoms with Gasteiger partial charge in [-0.3, -0.25) is 10.2 Å². The van der Waals surface area contributed by atoms with E-state index in [1.165, 1.54) is 0 Å². The molecule has 1 fully saturated rings. The number of ether oxygens (including phenoxy) is 1. The minimum atomic E-state index is -0.272. The Balaban J connectivity index is 1.55. The number of hydrazine groups is 1. The molecule has 5 heteroatoms. The number of nitrogens with one attached hydrogen (secondary N) is 1. The lowest BCUT2D eigenvalue weighted by molar-refractivity contribution is 0.0953. The summed E-state index contributed by atoms with van der Waals surface area (Å²) in [5.41, 5.74) is 3.83. The molecule has 1 amide bonds. The first-order chi connectivity index (χ1) is 11.3. The Hall–Kier alpha value is -2.53. The summed E-state index contributed by atoms with van der Waals surface area (Å²) in [6.45, 7) is 1.89. The molecule has 0 aromatic heterocycles. The van der Waals surface area contributed by atoms with E-state index >= 15 is 0 Å². The van der Waals surface area contributed by atoms with Crippen LogP contribution in [0.3, 0.4) is 0 Å². The molecule has 5 nitrogen and oxygen atoms in total. The molecule has 2 aromatic carbocycles. The number of benzene rings is 2. The van der Waals surface area contributed by atoms with Crippen molar-refractivity contribution in [3.05, 3.63) is 60.2 Å². The predicted molar refractivity (Wildman–Crippen MR) is 90.4 cm³/mol. The highest BCUT2D eigenvalue weighted by Crippen LogP contribution is 2.23. The van der Waals surface area contributed by atoms with E-state index in [0.29, 0.717) is 5.56 Å². The second-order valence-corrected chi connectivity index (χ2v) is 5.64. The summed E-state index contributed by atoms with van der Waals surface area (Å²) < 4.78 is 6.01. The van der Waals surface area contributed by atoms with Gasteiger partial charge in [0, 0.05) is 37.2 Å². The number of para-hydroxylation sites is 1. The van der Waals surface area contributed by atoms with Crippen LogP contribution >= 0.6 is 0 Å². The lowest BCUT2D eigenvalue weighted by Crippen LogP contribution is -2.38. The number of carbonyl (C=O) groups excluding carboxylic acids is 1. The van der Waals surface area contributed by atoms with E-state index < -0.39 is 0 Å². The van der Waals surface area contributed by atoms with E-state index in [1.54, 1.807) is 12.1 Å². The van der Waals surface area contributed by atoms with Crippen LogP contribution in [0.2, 0.25) is 0 Å². The highest BCUT2D eigenvalue weighted by molar-refractivity contribution is 5.94. The van der Waals surface area contributed by atoms with Crippen molar-refractivity contribution in [2.45, 2.75) is 18.9 Å². The van der Waals surface area contributed by atoms with Crippen molar-refractivity contribution in [3.8, 4) is 5.75 Å². The van der Waals surface area contributed by atoms with Crippen molar-refractivity contribution >= 4 is 11.6 Å². The van der Waals surface area contributed by atoms with Gasteiger partial charge in [-0.15, -0.1) is 0 Å². The third-order valence-electron chi connectivity index (χ3n) is 4.11. The molecule has 0 aliphatic carbocycles. The predicted octanol–water partition coefficient (Wildman–Crippen LogP) is 2.34. The van der Waals surface area contributed by atoms with Gasteiger partial charge in [-0.2, -0.15) is 0 Å². The fraction of sp³-hybridized carbons (Fsp3) is 0.278. The zero-order valence-corrected chi connectivity index (χ0v) is 12.9. The Morgan fingerprint density at radius 1 is 1.04 bits per heavy atom. The monoisotopic (exact) mass is 311 g/mol. The molecule has 3 rings (SSSR count). The van der Waals surface area contributed by atoms with Crippen molar-refractivity contribution in [1.82, 2.24) is 5.43 Å². The second-order valence-electron chi connectivity index (χ2n) is 5.64. The average Bonchev–Trinajstić information content (AvgIpc) is 2.63. The van der Waals surface area contributed by atoms with Crippen LogP contribution in [0.5, 0.6) is 5.75 Å². The molecule has 1 aliphatic rings. The molecule has 120 valence electrons. The fourth-order valence-electron chi connectivity index (χ4n) is 2.83. The van der Waals surface area contributed by atoms with Crippen molar-refractivity contribution < 1.29 is 9.53 Å². The molecule has 2 aromatic rings. The largest absolute Gasteiger partial charge is 0.490 e. The van der Waals surface area contributed by atoms with Crippen molar-refractivity contribution in [1.29, 1.82) is 0 Å². The highest BCUT2D eigenvalue weighted by Gasteiger charge is 2.20. The zero-order valence-electron chi connectivity index (χ0n) is 12.9. The molecule has 1 heterocycles. The van der Waals surface area contributed by atoms with Crippen molar-refractivity contribution in [3.63, 3.8) is 0 Å². The number of anilines is 1. The Morgan fingerprint density at radius 3 is 2.30 bits per heavy atom. The number of carbonyl (C=O) groups is 1. The van der Waals surface area contributed by atoms with Crippen LogP contribution in [-0.4, -0.2) is 25.1 Å². The van der Waals surface area contributed by atoms with Crippen LogP contribution in [0.4, 0.5) is 5.69 Å². The van der Waals surface area contributed by atoms with Crippen LogP contribution in [0.15, 0.2) is 54.6 Å². The Kier molecular flexibility index (Phi) is 4.78. The first-order valence-electron chi connectivity index (χ1n) is 7.84. The summed E-state index contributed by atoms with van der Waals surface area (Å²) in [6, 6.07) is 17.5. The molecule has 23 heavy (non-hydrogen) atoms. The second kappa shape index (κ2) is 7.15. The maximum absolute atomic E-state index is 11.5. The third kappa shape index (κ3) is 3.81. The van der Waals surface area contributed by atoms with E-state index in [0.717, 1.165) is 37.4 Å². The maximum Gasteiger partial charge on any atom is 0.265 e. The minimum Gasteiger partial charge on any atom is -0.490 e. The molecular formula is C18H21N3O2. The topological polar surface area (TPSA) is 67.6 Å². The summed E-state index contributed by atoms with van der Waals surface area (Å²) in [4.78, 5) is 13.8. The molecule has 0 radical (unpaired) electrons. The van der Waals surface area contributed by atoms with Crippen LogP contribution in [0, 0.1) is 0 Å². The molecule has 0 unspecified atom stereocenters. The highest BCUT2D eigenvalue weighted by atomic mass is 16.5. The average molecular weight is 311 g/mol. The lowest BCUT2D eigenvalue weighted by atomic mass is 10.1. The van der Waals surface area contributed by atoms with Crippen LogP contribution in [-0.2, 0) is 0 Å². The van der Waals surface area contributed by atoms with Gasteiger partial charge < -0.3 is 9.64 Å². The Labute approximate surface area is 136 Å². The number of hydrogen-bond acceptors (Lipinski definition) is 4. The summed E-state index contributed by atoms with van der Waals surface area (Å²) in [6.07, 6.45) is 2.23. The van der Waals surface area contributed by atoms with E-state index in [1.807, 2.05) is 42.5 Å². The molecule has 0 bridgehead atoms. The van der Waals surface area contributed by atoms with Crippen molar-refractivity contribution in [2.24, 2.45) is 5.84 Å². The van der Waals surface area contributed by atoms with Crippen LogP contribution in [0.25, 0.3) is 0 Å². The summed E-state index contributed by atoms with van der Waals surface area (Å²) in [5, 5.41) is 0. The minimum absolute atomic E-state index is 0.260. The van der Waals surface area contributed by atoms with E-state index in [9.17, 15) is 4.79 Å². The maximum atomic E-state index is 11.5. The van der Waals surface area contributed by atoms with Gasteiger partial charge in [0.15, 0.2) is 0 Å². The van der Waals surface area contributed by atoms with Gasteiger partial charge in [-0.25, -0.2) is 5.84 Å². The van der Waals surface area contributed by atoms with Gasteiger partial charge in [0.05, 0.1) is 0 Å². The van der Waals surface area contributed by atoms with Gasteiger partial charge in [0.25, 0.3) is 5.91 Å². The van der Waals surface area contributed by atoms with Crippen LogP contribution < -0.4 is 20.9 Å². The number of nitrogens with zero attached hydrogens (tertiary/aromatic N) is 1. The van der Waals surface area contributed by atoms with Gasteiger partial charge in [0.2, 0.25) is 0 Å². The molecule has 1 aliphatic heterocycles. The van der Waals surface area contributed by atoms with Crippen molar-refractivity contribution in [2.75, 3.05) is 18.0 Å². The molecule has 0 atom stereocenters. The standard InChI is InChI=1S/C18H21N3O2/c19-20-18(22)14-6-8-15(9-7-14)21-12-10-17(11-13-21)23-16-4-2-1-3-5-16/h1-9,17H,10-13,19H2,(H,20,22). The third-order valence-corrected chi connectivity index (χ3v) is 4.11. The van der Waals surface area contributed by atoms with Gasteiger partial charge >= 0.3 is 0 Å². The number of nitrogen functional groups attached to an aromatic ring is 1. The summed E-state index contributed by atoms with van der Waals surface area (Å²) in [7, 11) is 0. The first kappa shape index (κ1) is 15.4. The van der Waals surface area contributed by atoms with Gasteiger partial charge in [-0.1, -0.05) is 18.2 Å². The molecule has 0 saturated carbocycles. The van der Waals surface area contributed by atoms with E-state index in [2.05, 4.69) is 10.3 Å². The normalized spacial score (nSPS) is 15.3. The Bertz CT molecular complexity index is 635.